The van der Waals surface area contributed by atoms with Crippen LogP contribution in [0, 0.1) is 0 Å². The predicted molar refractivity (Wildman–Crippen MR) is 209 cm³/mol. The zero-order valence-electron chi connectivity index (χ0n) is 28.2. The van der Waals surface area contributed by atoms with Crippen LogP contribution in [0.15, 0.2) is 161 Å². The molecule has 4 nitrogen and oxygen atoms in total. The number of nitrogens with zero attached hydrogens (tertiary/aromatic N) is 3. The number of fused-ring (bicyclic) bond motifs is 3. The van der Waals surface area contributed by atoms with Crippen molar-refractivity contribution in [3.05, 3.63) is 179 Å². The van der Waals surface area contributed by atoms with Gasteiger partial charge in [0.05, 0.1) is 16.9 Å². The Morgan fingerprint density at radius 1 is 0.720 bits per heavy atom. The fourth-order valence-corrected chi connectivity index (χ4v) is 7.72. The number of allylic oxidation sites excluding steroid dienone is 13. The van der Waals surface area contributed by atoms with Gasteiger partial charge in [-0.3, -0.25) is 15.0 Å². The number of benzene rings is 3. The zero-order chi connectivity index (χ0) is 33.3. The van der Waals surface area contributed by atoms with Crippen LogP contribution in [0.3, 0.4) is 0 Å². The van der Waals surface area contributed by atoms with Crippen LogP contribution in [0.5, 0.6) is 0 Å². The van der Waals surface area contributed by atoms with Gasteiger partial charge >= 0.3 is 0 Å². The molecule has 0 radical (unpaired) electrons. The molecule has 2 unspecified atom stereocenters. The smallest absolute Gasteiger partial charge is 0.145 e. The van der Waals surface area contributed by atoms with Crippen molar-refractivity contribution in [3.63, 3.8) is 0 Å². The van der Waals surface area contributed by atoms with E-state index in [4.69, 9.17) is 15.0 Å². The third-order valence-electron chi connectivity index (χ3n) is 10.6. The van der Waals surface area contributed by atoms with E-state index in [1.165, 1.54) is 50.2 Å². The van der Waals surface area contributed by atoms with E-state index in [1.54, 1.807) is 0 Å². The first-order valence-electron chi connectivity index (χ1n) is 18.1. The molecule has 0 bridgehead atoms. The van der Waals surface area contributed by atoms with Crippen molar-refractivity contribution in [3.8, 4) is 0 Å². The van der Waals surface area contributed by atoms with Crippen molar-refractivity contribution >= 4 is 39.3 Å². The molecule has 0 saturated carbocycles. The maximum absolute atomic E-state index is 5.34. The summed E-state index contributed by atoms with van der Waals surface area (Å²) in [5, 5.41) is 4.94. The minimum Gasteiger partial charge on any atom is -0.360 e. The van der Waals surface area contributed by atoms with Gasteiger partial charge in [0.1, 0.15) is 6.17 Å². The Morgan fingerprint density at radius 2 is 1.56 bits per heavy atom. The molecule has 2 aliphatic heterocycles. The maximum Gasteiger partial charge on any atom is 0.145 e. The second-order valence-corrected chi connectivity index (χ2v) is 13.7. The van der Waals surface area contributed by atoms with Gasteiger partial charge in [0.15, 0.2) is 0 Å². The van der Waals surface area contributed by atoms with Crippen LogP contribution < -0.4 is 5.32 Å². The number of aromatic nitrogens is 1. The number of nitrogens with one attached hydrogen (secondary N) is 1. The fourth-order valence-electron chi connectivity index (χ4n) is 7.72. The molecule has 0 amide bonds. The van der Waals surface area contributed by atoms with E-state index in [2.05, 4.69) is 133 Å². The van der Waals surface area contributed by atoms with E-state index in [0.29, 0.717) is 5.92 Å². The quantitative estimate of drug-likeness (QED) is 0.226. The van der Waals surface area contributed by atoms with Crippen molar-refractivity contribution < 1.29 is 0 Å². The summed E-state index contributed by atoms with van der Waals surface area (Å²) in [5.74, 6) is 0.432. The highest BCUT2D eigenvalue weighted by molar-refractivity contribution is 6.14. The fraction of sp³-hybridized carbons (Fsp3) is 0.196. The average molecular weight is 649 g/mol. The maximum atomic E-state index is 5.34. The van der Waals surface area contributed by atoms with Gasteiger partial charge in [-0.15, -0.1) is 0 Å². The van der Waals surface area contributed by atoms with Crippen LogP contribution in [0.25, 0.3) is 22.2 Å². The molecule has 1 N–H and O–H groups in total. The van der Waals surface area contributed by atoms with E-state index < -0.39 is 0 Å². The Labute approximate surface area is 294 Å². The van der Waals surface area contributed by atoms with Gasteiger partial charge in [0.2, 0.25) is 0 Å². The molecule has 5 aliphatic rings. The standard InChI is InChI=1S/C46H40N4/c1-3-8-31(9-4-1)33-13-17-36(18-14-33)42-30-43(50-46(49-42)40-25-15-34(16-26-40)32-10-5-2-6-11-32)37-21-19-35(20-22-37)41-28-27-39-24-23-38-12-7-29-47-44(38)45(39)48-41/h2-3,5-10,12-19,21,23-26,29-30,32,46,49H,1,4,11,20,22,27-28H2. The molecule has 0 fully saturated rings. The Balaban J connectivity index is 1.03. The second-order valence-electron chi connectivity index (χ2n) is 13.7. The van der Waals surface area contributed by atoms with E-state index in [9.17, 15) is 0 Å². The predicted octanol–water partition coefficient (Wildman–Crippen LogP) is 11.0. The average Bonchev–Trinajstić information content (AvgIpc) is 3.21. The van der Waals surface area contributed by atoms with Crippen LogP contribution in [-0.4, -0.2) is 16.4 Å². The highest BCUT2D eigenvalue weighted by Crippen LogP contribution is 2.37. The van der Waals surface area contributed by atoms with Crippen LogP contribution in [-0.2, 0) is 6.42 Å². The molecule has 4 aromatic rings. The molecule has 2 atom stereocenters. The summed E-state index contributed by atoms with van der Waals surface area (Å²) < 4.78 is 0. The summed E-state index contributed by atoms with van der Waals surface area (Å²) in [7, 11) is 0. The summed E-state index contributed by atoms with van der Waals surface area (Å²) in [6.07, 6.45) is 31.3. The lowest BCUT2D eigenvalue weighted by atomic mass is 9.88. The van der Waals surface area contributed by atoms with Gasteiger partial charge in [-0.05, 0) is 102 Å². The van der Waals surface area contributed by atoms with Gasteiger partial charge in [-0.25, -0.2) is 0 Å². The third-order valence-corrected chi connectivity index (χ3v) is 10.6. The Kier molecular flexibility index (Phi) is 8.14. The summed E-state index contributed by atoms with van der Waals surface area (Å²) in [5.41, 5.74) is 15.5. The van der Waals surface area contributed by atoms with Gasteiger partial charge in [-0.1, -0.05) is 121 Å². The van der Waals surface area contributed by atoms with Crippen molar-refractivity contribution in [1.82, 2.24) is 10.3 Å². The molecule has 3 aliphatic carbocycles. The van der Waals surface area contributed by atoms with E-state index >= 15 is 0 Å². The summed E-state index contributed by atoms with van der Waals surface area (Å²) >= 11 is 0. The normalized spacial score (nSPS) is 21.3. The van der Waals surface area contributed by atoms with Gasteiger partial charge < -0.3 is 5.32 Å². The molecule has 9 rings (SSSR count). The lowest BCUT2D eigenvalue weighted by Gasteiger charge is -2.27. The zero-order valence-corrected chi connectivity index (χ0v) is 28.2. The van der Waals surface area contributed by atoms with E-state index in [1.807, 2.05) is 12.3 Å². The Hall–Kier alpha value is -5.61. The number of hydrogen-bond donors (Lipinski definition) is 1. The lowest BCUT2D eigenvalue weighted by molar-refractivity contribution is 0.662. The van der Waals surface area contributed by atoms with Crippen molar-refractivity contribution in [1.29, 1.82) is 0 Å². The summed E-state index contributed by atoms with van der Waals surface area (Å²) in [4.78, 5) is 15.2. The van der Waals surface area contributed by atoms with Gasteiger partial charge in [0, 0.05) is 28.9 Å². The molecule has 3 heterocycles. The molecule has 1 aromatic heterocycles. The van der Waals surface area contributed by atoms with E-state index in [0.717, 1.165) is 72.9 Å². The van der Waals surface area contributed by atoms with Gasteiger partial charge in [-0.2, -0.15) is 0 Å². The van der Waals surface area contributed by atoms with Crippen LogP contribution in [0.2, 0.25) is 0 Å². The van der Waals surface area contributed by atoms with Gasteiger partial charge in [0.25, 0.3) is 0 Å². The monoisotopic (exact) mass is 648 g/mol. The van der Waals surface area contributed by atoms with E-state index in [-0.39, 0.29) is 6.17 Å². The molecule has 0 spiro atoms. The molecule has 4 heteroatoms. The van der Waals surface area contributed by atoms with Crippen LogP contribution >= 0.6 is 0 Å². The topological polar surface area (TPSA) is 49.6 Å². The Bertz CT molecular complexity index is 2250. The second kappa shape index (κ2) is 13.4. The number of aryl methyl sites for hydroxylation is 1. The third kappa shape index (κ3) is 6.07. The molecule has 244 valence electrons. The van der Waals surface area contributed by atoms with Crippen molar-refractivity contribution in [2.45, 2.75) is 57.0 Å². The Morgan fingerprint density at radius 3 is 2.36 bits per heavy atom. The van der Waals surface area contributed by atoms with Crippen LogP contribution in [0.4, 0.5) is 5.69 Å². The minimum atomic E-state index is -0.171. The number of rotatable bonds is 6. The molecular formula is C46H40N4. The molecule has 3 aromatic carbocycles. The molecule has 0 saturated heterocycles. The van der Waals surface area contributed by atoms with Crippen molar-refractivity contribution in [2.24, 2.45) is 9.98 Å². The van der Waals surface area contributed by atoms with Crippen LogP contribution in [0.1, 0.15) is 78.4 Å². The molecule has 50 heavy (non-hydrogen) atoms. The number of hydrogen-bond acceptors (Lipinski definition) is 4. The number of pyridine rings is 1. The first-order chi connectivity index (χ1) is 24.7. The summed E-state index contributed by atoms with van der Waals surface area (Å²) in [6, 6.07) is 26.5. The number of aliphatic imine (C=N–C) groups is 2. The minimum absolute atomic E-state index is 0.171. The highest BCUT2D eigenvalue weighted by Gasteiger charge is 2.24. The first kappa shape index (κ1) is 30.4. The SMILES string of the molecule is C1=CCC(c2ccc(C3N=C(C4=CC=C(C5=Nc6c(ccc7cccnc67)CC5)CC4)C=C(c4ccc(C5=CCCC=C5)cc4)N3)cc2)C=C1. The summed E-state index contributed by atoms with van der Waals surface area (Å²) in [6.45, 7) is 0. The highest BCUT2D eigenvalue weighted by atomic mass is 15.1. The lowest BCUT2D eigenvalue weighted by Crippen LogP contribution is -2.25. The van der Waals surface area contributed by atoms with Crippen molar-refractivity contribution in [2.75, 3.05) is 0 Å². The molecular weight excluding hydrogens is 609 g/mol. The largest absolute Gasteiger partial charge is 0.360 e. The first-order valence-corrected chi connectivity index (χ1v) is 18.1.